The van der Waals surface area contributed by atoms with Crippen molar-refractivity contribution in [2.45, 2.75) is 19.3 Å². The maximum atomic E-state index is 11.3. The van der Waals surface area contributed by atoms with E-state index in [1.54, 1.807) is 4.90 Å². The zero-order chi connectivity index (χ0) is 11.3. The molecule has 0 atom stereocenters. The van der Waals surface area contributed by atoms with E-state index >= 15 is 0 Å². The Balaban J connectivity index is 2.42. The van der Waals surface area contributed by atoms with Crippen molar-refractivity contribution in [1.29, 1.82) is 0 Å². The molecule has 1 aliphatic heterocycles. The number of aliphatic hydroxyl groups is 3. The second-order valence-corrected chi connectivity index (χ2v) is 4.21. The third-order valence-corrected chi connectivity index (χ3v) is 3.09. The van der Waals surface area contributed by atoms with Gasteiger partial charge in [0.2, 0.25) is 5.91 Å². The first-order valence-electron chi connectivity index (χ1n) is 5.28. The van der Waals surface area contributed by atoms with Crippen LogP contribution in [0.15, 0.2) is 0 Å². The summed E-state index contributed by atoms with van der Waals surface area (Å²) in [5.41, 5.74) is -0.858. The fourth-order valence-corrected chi connectivity index (χ4v) is 1.70. The molecule has 0 unspecified atom stereocenters. The number of likely N-dealkylation sites (tertiary alicyclic amines) is 1. The maximum absolute atomic E-state index is 11.3. The molecule has 5 nitrogen and oxygen atoms in total. The van der Waals surface area contributed by atoms with Crippen LogP contribution in [-0.4, -0.2) is 59.0 Å². The van der Waals surface area contributed by atoms with E-state index in [0.717, 1.165) is 13.0 Å². The van der Waals surface area contributed by atoms with E-state index in [0.29, 0.717) is 19.4 Å². The molecule has 0 bridgehead atoms. The van der Waals surface area contributed by atoms with Crippen molar-refractivity contribution in [2.75, 3.05) is 32.9 Å². The predicted octanol–water partition coefficient (Wildman–Crippen LogP) is -1.04. The number of amides is 1. The molecule has 1 heterocycles. The summed E-state index contributed by atoms with van der Waals surface area (Å²) >= 11 is 0. The Kier molecular flexibility index (Phi) is 4.50. The number of rotatable bonds is 6. The van der Waals surface area contributed by atoms with Crippen LogP contribution in [0.5, 0.6) is 0 Å². The number of nitrogens with zero attached hydrogens (tertiary/aromatic N) is 1. The lowest BCUT2D eigenvalue weighted by Crippen LogP contribution is -2.38. The average molecular weight is 217 g/mol. The summed E-state index contributed by atoms with van der Waals surface area (Å²) in [4.78, 5) is 13.0. The first kappa shape index (κ1) is 12.4. The van der Waals surface area contributed by atoms with Crippen LogP contribution >= 0.6 is 0 Å². The summed E-state index contributed by atoms with van der Waals surface area (Å²) in [7, 11) is 0. The van der Waals surface area contributed by atoms with Gasteiger partial charge in [0.15, 0.2) is 0 Å². The van der Waals surface area contributed by atoms with Gasteiger partial charge in [-0.05, 0) is 12.8 Å². The van der Waals surface area contributed by atoms with Crippen molar-refractivity contribution < 1.29 is 20.1 Å². The molecule has 1 aliphatic rings. The highest BCUT2D eigenvalue weighted by atomic mass is 16.3. The van der Waals surface area contributed by atoms with E-state index in [1.807, 2.05) is 0 Å². The lowest BCUT2D eigenvalue weighted by atomic mass is 9.87. The van der Waals surface area contributed by atoms with Crippen molar-refractivity contribution >= 4 is 5.91 Å². The van der Waals surface area contributed by atoms with E-state index in [4.69, 9.17) is 15.3 Å². The first-order chi connectivity index (χ1) is 7.17. The van der Waals surface area contributed by atoms with Crippen LogP contribution in [0.4, 0.5) is 0 Å². The number of carbonyl (C=O) groups excluding carboxylic acids is 1. The highest BCUT2D eigenvalue weighted by Gasteiger charge is 2.30. The zero-order valence-corrected chi connectivity index (χ0v) is 8.85. The third kappa shape index (κ3) is 2.90. The minimum absolute atomic E-state index is 0.123. The highest BCUT2D eigenvalue weighted by molar-refractivity contribution is 5.77. The van der Waals surface area contributed by atoms with Gasteiger partial charge in [-0.25, -0.2) is 0 Å². The average Bonchev–Trinajstić information content (AvgIpc) is 2.67. The Labute approximate surface area is 89.3 Å². The third-order valence-electron chi connectivity index (χ3n) is 3.09. The van der Waals surface area contributed by atoms with E-state index in [9.17, 15) is 4.79 Å². The van der Waals surface area contributed by atoms with E-state index < -0.39 is 5.41 Å². The Bertz CT molecular complexity index is 207. The summed E-state index contributed by atoms with van der Waals surface area (Å²) in [6.07, 6.45) is 1.90. The molecule has 0 aliphatic carbocycles. The van der Waals surface area contributed by atoms with Gasteiger partial charge in [0.25, 0.3) is 0 Å². The molecule has 0 saturated carbocycles. The minimum atomic E-state index is -0.858. The zero-order valence-electron chi connectivity index (χ0n) is 8.85. The number of hydrogen-bond donors (Lipinski definition) is 3. The van der Waals surface area contributed by atoms with Crippen LogP contribution in [0, 0.1) is 5.41 Å². The van der Waals surface area contributed by atoms with E-state index in [2.05, 4.69) is 0 Å². The normalized spacial score (nSPS) is 17.5. The Morgan fingerprint density at radius 1 is 1.20 bits per heavy atom. The van der Waals surface area contributed by atoms with Gasteiger partial charge in [0, 0.05) is 24.9 Å². The molecule has 0 radical (unpaired) electrons. The summed E-state index contributed by atoms with van der Waals surface area (Å²) in [5.74, 6) is 0.123. The van der Waals surface area contributed by atoms with Crippen molar-refractivity contribution in [3.63, 3.8) is 0 Å². The summed E-state index contributed by atoms with van der Waals surface area (Å²) in [5, 5.41) is 27.3. The van der Waals surface area contributed by atoms with Gasteiger partial charge in [-0.15, -0.1) is 0 Å². The SMILES string of the molecule is O=C1CCCN1CCC(CO)(CO)CO. The molecule has 88 valence electrons. The lowest BCUT2D eigenvalue weighted by Gasteiger charge is -2.29. The standard InChI is InChI=1S/C10H19NO4/c12-6-10(7-13,8-14)3-5-11-4-1-2-9(11)15/h12-14H,1-8H2. The summed E-state index contributed by atoms with van der Waals surface area (Å²) < 4.78 is 0. The second-order valence-electron chi connectivity index (χ2n) is 4.21. The first-order valence-corrected chi connectivity index (χ1v) is 5.28. The molecule has 0 aromatic heterocycles. The monoisotopic (exact) mass is 217 g/mol. The molecule has 3 N–H and O–H groups in total. The highest BCUT2D eigenvalue weighted by Crippen LogP contribution is 2.22. The van der Waals surface area contributed by atoms with Gasteiger partial charge in [-0.1, -0.05) is 0 Å². The molecule has 1 saturated heterocycles. The van der Waals surface area contributed by atoms with Gasteiger partial charge < -0.3 is 20.2 Å². The molecular weight excluding hydrogens is 198 g/mol. The van der Waals surface area contributed by atoms with Gasteiger partial charge in [0.05, 0.1) is 19.8 Å². The Hall–Kier alpha value is -0.650. The van der Waals surface area contributed by atoms with Crippen LogP contribution in [0.2, 0.25) is 0 Å². The fraction of sp³-hybridized carbons (Fsp3) is 0.900. The van der Waals surface area contributed by atoms with Crippen molar-refractivity contribution in [3.8, 4) is 0 Å². The fourth-order valence-electron chi connectivity index (χ4n) is 1.70. The second kappa shape index (κ2) is 5.44. The van der Waals surface area contributed by atoms with Crippen molar-refractivity contribution in [2.24, 2.45) is 5.41 Å². The summed E-state index contributed by atoms with van der Waals surface area (Å²) in [6.45, 7) is 0.462. The molecule has 0 aromatic rings. The van der Waals surface area contributed by atoms with Gasteiger partial charge in [-0.3, -0.25) is 4.79 Å². The quantitative estimate of drug-likeness (QED) is 0.531. The molecule has 0 spiro atoms. The molecule has 1 rings (SSSR count). The Morgan fingerprint density at radius 3 is 2.20 bits per heavy atom. The smallest absolute Gasteiger partial charge is 0.222 e. The topological polar surface area (TPSA) is 81.0 Å². The van der Waals surface area contributed by atoms with Gasteiger partial charge in [-0.2, -0.15) is 0 Å². The van der Waals surface area contributed by atoms with Gasteiger partial charge >= 0.3 is 0 Å². The van der Waals surface area contributed by atoms with E-state index in [-0.39, 0.29) is 25.7 Å². The van der Waals surface area contributed by atoms with Crippen LogP contribution < -0.4 is 0 Å². The van der Waals surface area contributed by atoms with Gasteiger partial charge in [0.1, 0.15) is 0 Å². The number of carbonyl (C=O) groups is 1. The van der Waals surface area contributed by atoms with Crippen LogP contribution in [0.25, 0.3) is 0 Å². The molecule has 15 heavy (non-hydrogen) atoms. The Morgan fingerprint density at radius 2 is 1.80 bits per heavy atom. The van der Waals surface area contributed by atoms with E-state index in [1.165, 1.54) is 0 Å². The predicted molar refractivity (Wildman–Crippen MR) is 54.1 cm³/mol. The lowest BCUT2D eigenvalue weighted by molar-refractivity contribution is -0.128. The molecule has 0 aromatic carbocycles. The largest absolute Gasteiger partial charge is 0.396 e. The van der Waals surface area contributed by atoms with Crippen LogP contribution in [0.1, 0.15) is 19.3 Å². The van der Waals surface area contributed by atoms with Crippen molar-refractivity contribution in [1.82, 2.24) is 4.90 Å². The number of aliphatic hydroxyl groups excluding tert-OH is 3. The molecule has 1 fully saturated rings. The molecule has 5 heteroatoms. The van der Waals surface area contributed by atoms with Crippen LogP contribution in [0.3, 0.4) is 0 Å². The number of hydrogen-bond acceptors (Lipinski definition) is 4. The van der Waals surface area contributed by atoms with Crippen molar-refractivity contribution in [3.05, 3.63) is 0 Å². The van der Waals surface area contributed by atoms with Crippen LogP contribution in [-0.2, 0) is 4.79 Å². The molecular formula is C10H19NO4. The minimum Gasteiger partial charge on any atom is -0.396 e. The molecule has 1 amide bonds. The summed E-state index contributed by atoms with van der Waals surface area (Å²) in [6, 6.07) is 0. The maximum Gasteiger partial charge on any atom is 0.222 e.